The average Bonchev–Trinajstić information content (AvgIpc) is 2.90. The molecule has 0 saturated carbocycles. The highest BCUT2D eigenvalue weighted by atomic mass is 35.5. The standard InChI is InChI=1S/C28H43N3O7S2.ClH/c1-5-39(34,35)20-24(17-30-40(36,37)19-21(2)3)28(33)31-26(15-22-10-7-6-8-11-22)27(32)18-29-16-23-12-9-13-25(14-23)38-4;/h6-14,21,24,26-27,29-30,32H,5,15-20H2,1-4H3,(H,31,33);1H/t24?,26-,27+;/m0./s1. The van der Waals surface area contributed by atoms with Crippen LogP contribution in [-0.4, -0.2) is 77.5 Å². The number of benzene rings is 2. The molecule has 0 aliphatic carbocycles. The number of aliphatic hydroxyl groups is 1. The van der Waals surface area contributed by atoms with Crippen molar-refractivity contribution in [3.05, 3.63) is 65.7 Å². The van der Waals surface area contributed by atoms with Crippen LogP contribution < -0.4 is 20.1 Å². The molecule has 2 rings (SSSR count). The number of methoxy groups -OCH3 is 1. The van der Waals surface area contributed by atoms with E-state index in [9.17, 15) is 26.7 Å². The van der Waals surface area contributed by atoms with Crippen LogP contribution in [0.25, 0.3) is 0 Å². The molecule has 41 heavy (non-hydrogen) atoms. The number of carbonyl (C=O) groups excluding carboxylic acids is 1. The van der Waals surface area contributed by atoms with E-state index in [4.69, 9.17) is 4.74 Å². The van der Waals surface area contributed by atoms with E-state index in [2.05, 4.69) is 15.4 Å². The zero-order valence-corrected chi connectivity index (χ0v) is 26.5. The summed E-state index contributed by atoms with van der Waals surface area (Å²) in [6, 6.07) is 16.0. The van der Waals surface area contributed by atoms with Crippen LogP contribution in [0.15, 0.2) is 54.6 Å². The Bertz CT molecular complexity index is 1280. The number of halogens is 1. The van der Waals surface area contributed by atoms with Crippen molar-refractivity contribution in [2.45, 2.75) is 45.9 Å². The second-order valence-corrected chi connectivity index (χ2v) is 14.5. The van der Waals surface area contributed by atoms with E-state index in [0.29, 0.717) is 18.7 Å². The van der Waals surface area contributed by atoms with Crippen LogP contribution in [0.3, 0.4) is 0 Å². The number of ether oxygens (including phenoxy) is 1. The van der Waals surface area contributed by atoms with Gasteiger partial charge in [-0.2, -0.15) is 0 Å². The number of sulfone groups is 1. The van der Waals surface area contributed by atoms with Crippen molar-refractivity contribution >= 4 is 38.2 Å². The van der Waals surface area contributed by atoms with Gasteiger partial charge in [-0.05, 0) is 35.6 Å². The minimum absolute atomic E-state index is 0. The first-order valence-electron chi connectivity index (χ1n) is 13.4. The molecule has 10 nitrogen and oxygen atoms in total. The molecule has 0 radical (unpaired) electrons. The maximum Gasteiger partial charge on any atom is 0.225 e. The van der Waals surface area contributed by atoms with Crippen molar-refractivity contribution in [2.75, 3.05) is 37.5 Å². The summed E-state index contributed by atoms with van der Waals surface area (Å²) in [5, 5.41) is 17.1. The minimum atomic E-state index is -3.70. The van der Waals surface area contributed by atoms with E-state index in [1.165, 1.54) is 6.92 Å². The molecule has 0 aliphatic heterocycles. The van der Waals surface area contributed by atoms with Gasteiger partial charge in [-0.1, -0.05) is 63.2 Å². The second-order valence-electron chi connectivity index (χ2n) is 10.3. The molecule has 1 unspecified atom stereocenters. The van der Waals surface area contributed by atoms with E-state index in [1.807, 2.05) is 54.6 Å². The molecule has 13 heteroatoms. The van der Waals surface area contributed by atoms with Gasteiger partial charge in [-0.3, -0.25) is 4.79 Å². The predicted molar refractivity (Wildman–Crippen MR) is 164 cm³/mol. The monoisotopic (exact) mass is 633 g/mol. The summed E-state index contributed by atoms with van der Waals surface area (Å²) < 4.78 is 57.3. The number of hydrogen-bond donors (Lipinski definition) is 4. The summed E-state index contributed by atoms with van der Waals surface area (Å²) in [5.74, 6) is -2.07. The summed E-state index contributed by atoms with van der Waals surface area (Å²) in [6.07, 6.45) is -0.725. The van der Waals surface area contributed by atoms with Crippen LogP contribution in [0, 0.1) is 11.8 Å². The number of amides is 1. The third-order valence-electron chi connectivity index (χ3n) is 6.28. The van der Waals surface area contributed by atoms with E-state index in [-0.39, 0.29) is 42.9 Å². The third-order valence-corrected chi connectivity index (χ3v) is 9.78. The molecule has 2 aromatic rings. The Kier molecular flexibility index (Phi) is 15.9. The van der Waals surface area contributed by atoms with Gasteiger partial charge in [-0.25, -0.2) is 21.6 Å². The van der Waals surface area contributed by atoms with Crippen molar-refractivity contribution < 1.29 is 31.5 Å². The van der Waals surface area contributed by atoms with Gasteiger partial charge in [-0.15, -0.1) is 12.4 Å². The smallest absolute Gasteiger partial charge is 0.225 e. The number of sulfonamides is 1. The summed E-state index contributed by atoms with van der Waals surface area (Å²) in [4.78, 5) is 13.4. The highest BCUT2D eigenvalue weighted by molar-refractivity contribution is 7.91. The molecular weight excluding hydrogens is 590 g/mol. The quantitative estimate of drug-likeness (QED) is 0.194. The SMILES string of the molecule is CCS(=O)(=O)CC(CNS(=O)(=O)CC(C)C)C(=O)N[C@@H](Cc1ccccc1)[C@H](O)CNCc1cccc(OC)c1.Cl. The number of hydrogen-bond acceptors (Lipinski definition) is 8. The first-order valence-corrected chi connectivity index (χ1v) is 16.8. The fraction of sp³-hybridized carbons (Fsp3) is 0.536. The molecule has 0 aliphatic rings. The second kappa shape index (κ2) is 17.7. The lowest BCUT2D eigenvalue weighted by atomic mass is 10.00. The molecule has 0 aromatic heterocycles. The summed E-state index contributed by atoms with van der Waals surface area (Å²) in [7, 11) is -5.72. The van der Waals surface area contributed by atoms with Crippen molar-refractivity contribution in [1.29, 1.82) is 0 Å². The van der Waals surface area contributed by atoms with Crippen molar-refractivity contribution in [1.82, 2.24) is 15.4 Å². The lowest BCUT2D eigenvalue weighted by Crippen LogP contribution is -2.52. The van der Waals surface area contributed by atoms with E-state index >= 15 is 0 Å². The van der Waals surface area contributed by atoms with Crippen LogP contribution in [0.2, 0.25) is 0 Å². The number of rotatable bonds is 18. The Balaban J connectivity index is 0.00000840. The van der Waals surface area contributed by atoms with Crippen LogP contribution in [-0.2, 0) is 37.6 Å². The van der Waals surface area contributed by atoms with Crippen LogP contribution in [0.5, 0.6) is 5.75 Å². The van der Waals surface area contributed by atoms with E-state index in [0.717, 1.165) is 11.1 Å². The van der Waals surface area contributed by atoms with Crippen LogP contribution in [0.1, 0.15) is 31.9 Å². The largest absolute Gasteiger partial charge is 0.497 e. The highest BCUT2D eigenvalue weighted by Gasteiger charge is 2.30. The average molecular weight is 634 g/mol. The topological polar surface area (TPSA) is 151 Å². The molecule has 0 fully saturated rings. The molecule has 1 amide bonds. The van der Waals surface area contributed by atoms with Gasteiger partial charge in [0.1, 0.15) is 5.75 Å². The van der Waals surface area contributed by atoms with Gasteiger partial charge in [0.15, 0.2) is 9.84 Å². The van der Waals surface area contributed by atoms with E-state index in [1.54, 1.807) is 21.0 Å². The number of carbonyl (C=O) groups is 1. The Morgan fingerprint density at radius 2 is 1.61 bits per heavy atom. The predicted octanol–water partition coefficient (Wildman–Crippen LogP) is 1.92. The zero-order chi connectivity index (χ0) is 29.8. The fourth-order valence-electron chi connectivity index (χ4n) is 4.12. The Morgan fingerprint density at radius 3 is 2.22 bits per heavy atom. The van der Waals surface area contributed by atoms with Crippen molar-refractivity contribution in [3.63, 3.8) is 0 Å². The summed E-state index contributed by atoms with van der Waals surface area (Å²) >= 11 is 0. The first kappa shape index (κ1) is 36.8. The van der Waals surface area contributed by atoms with Crippen molar-refractivity contribution in [3.8, 4) is 5.75 Å². The zero-order valence-electron chi connectivity index (χ0n) is 24.1. The molecule has 232 valence electrons. The minimum Gasteiger partial charge on any atom is -0.497 e. The molecule has 0 bridgehead atoms. The first-order chi connectivity index (χ1) is 18.8. The van der Waals surface area contributed by atoms with Gasteiger partial charge >= 0.3 is 0 Å². The maximum atomic E-state index is 13.4. The normalized spacial score (nSPS) is 14.1. The lowest BCUT2D eigenvalue weighted by Gasteiger charge is -2.27. The third kappa shape index (κ3) is 14.0. The molecule has 0 spiro atoms. The molecule has 2 aromatic carbocycles. The van der Waals surface area contributed by atoms with Gasteiger partial charge in [0.2, 0.25) is 15.9 Å². The fourth-order valence-corrected chi connectivity index (χ4v) is 6.69. The molecule has 0 heterocycles. The maximum absolute atomic E-state index is 13.4. The molecule has 3 atom stereocenters. The van der Waals surface area contributed by atoms with Gasteiger partial charge in [0.05, 0.1) is 36.7 Å². The van der Waals surface area contributed by atoms with Gasteiger partial charge < -0.3 is 20.5 Å². The van der Waals surface area contributed by atoms with Crippen LogP contribution >= 0.6 is 12.4 Å². The molecular formula is C28H44ClN3O7S2. The Morgan fingerprint density at radius 1 is 0.951 bits per heavy atom. The molecule has 4 N–H and O–H groups in total. The van der Waals surface area contributed by atoms with Gasteiger partial charge in [0, 0.05) is 25.4 Å². The van der Waals surface area contributed by atoms with Crippen molar-refractivity contribution in [2.24, 2.45) is 11.8 Å². The Hall–Kier alpha value is -2.22. The van der Waals surface area contributed by atoms with Crippen LogP contribution in [0.4, 0.5) is 0 Å². The highest BCUT2D eigenvalue weighted by Crippen LogP contribution is 2.13. The van der Waals surface area contributed by atoms with E-state index < -0.39 is 49.6 Å². The lowest BCUT2D eigenvalue weighted by molar-refractivity contribution is -0.125. The van der Waals surface area contributed by atoms with Gasteiger partial charge in [0.25, 0.3) is 0 Å². The number of aliphatic hydroxyl groups excluding tert-OH is 1. The summed E-state index contributed by atoms with van der Waals surface area (Å²) in [5.41, 5.74) is 1.82. The Labute approximate surface area is 251 Å². The summed E-state index contributed by atoms with van der Waals surface area (Å²) in [6.45, 7) is 5.22. The number of nitrogens with one attached hydrogen (secondary N) is 3. The molecule has 0 saturated heterocycles.